The van der Waals surface area contributed by atoms with Gasteiger partial charge in [-0.15, -0.1) is 0 Å². The van der Waals surface area contributed by atoms with Crippen LogP contribution in [0.2, 0.25) is 0 Å². The van der Waals surface area contributed by atoms with Crippen LogP contribution in [0.25, 0.3) is 0 Å². The van der Waals surface area contributed by atoms with Crippen molar-refractivity contribution in [1.29, 1.82) is 0 Å². The van der Waals surface area contributed by atoms with E-state index in [0.29, 0.717) is 6.04 Å². The predicted octanol–water partition coefficient (Wildman–Crippen LogP) is 2.97. The van der Waals surface area contributed by atoms with E-state index in [1.807, 2.05) is 0 Å². The van der Waals surface area contributed by atoms with Gasteiger partial charge >= 0.3 is 0 Å². The van der Waals surface area contributed by atoms with Gasteiger partial charge in [-0.2, -0.15) is 0 Å². The highest BCUT2D eigenvalue weighted by Crippen LogP contribution is 2.39. The van der Waals surface area contributed by atoms with Crippen LogP contribution >= 0.6 is 0 Å². The smallest absolute Gasteiger partial charge is 0.0855 e. The summed E-state index contributed by atoms with van der Waals surface area (Å²) >= 11 is 0. The molecule has 3 nitrogen and oxygen atoms in total. The van der Waals surface area contributed by atoms with Crippen molar-refractivity contribution in [2.45, 2.75) is 63.2 Å². The fourth-order valence-corrected chi connectivity index (χ4v) is 3.84. The van der Waals surface area contributed by atoms with Gasteiger partial charge in [-0.3, -0.25) is 0 Å². The van der Waals surface area contributed by atoms with Crippen LogP contribution in [0.15, 0.2) is 24.3 Å². The quantitative estimate of drug-likeness (QED) is 0.895. The van der Waals surface area contributed by atoms with Gasteiger partial charge in [0.25, 0.3) is 0 Å². The summed E-state index contributed by atoms with van der Waals surface area (Å²) in [5.41, 5.74) is 2.12. The van der Waals surface area contributed by atoms with E-state index in [2.05, 4.69) is 36.5 Å². The van der Waals surface area contributed by atoms with Crippen LogP contribution in [0, 0.1) is 0 Å². The summed E-state index contributed by atoms with van der Waals surface area (Å²) in [5, 5.41) is 14.4. The van der Waals surface area contributed by atoms with Gasteiger partial charge < -0.3 is 15.2 Å². The molecule has 1 aromatic carbocycles. The molecule has 1 aromatic rings. The largest absolute Gasteiger partial charge is 0.390 e. The predicted molar refractivity (Wildman–Crippen MR) is 84.3 cm³/mol. The molecule has 0 bridgehead atoms. The van der Waals surface area contributed by atoms with Crippen molar-refractivity contribution < 1.29 is 9.84 Å². The second kappa shape index (κ2) is 6.47. The Labute approximate surface area is 127 Å². The van der Waals surface area contributed by atoms with Crippen LogP contribution in [0.4, 0.5) is 0 Å². The van der Waals surface area contributed by atoms with E-state index >= 15 is 0 Å². The van der Waals surface area contributed by atoms with Crippen LogP contribution in [0.1, 0.15) is 56.3 Å². The minimum Gasteiger partial charge on any atom is -0.390 e. The Morgan fingerprint density at radius 3 is 2.81 bits per heavy atom. The standard InChI is InChI=1S/C18H27NO2/c1-2-19-15-7-10-18(20,11-8-15)13-17-16-6-4-3-5-14(16)9-12-21-17/h3-6,15,17,19-20H,2,7-13H2,1H3. The molecule has 1 atom stereocenters. The van der Waals surface area contributed by atoms with Crippen LogP contribution in [0.3, 0.4) is 0 Å². The Kier molecular flexibility index (Phi) is 4.63. The SMILES string of the molecule is CCNC1CCC(O)(CC2OCCc3ccccc32)CC1. The van der Waals surface area contributed by atoms with Crippen molar-refractivity contribution >= 4 is 0 Å². The molecule has 2 N–H and O–H groups in total. The van der Waals surface area contributed by atoms with Gasteiger partial charge in [-0.25, -0.2) is 0 Å². The van der Waals surface area contributed by atoms with Gasteiger partial charge in [0.05, 0.1) is 18.3 Å². The van der Waals surface area contributed by atoms with E-state index in [-0.39, 0.29) is 6.10 Å². The normalized spacial score (nSPS) is 32.7. The second-order valence-electron chi connectivity index (χ2n) is 6.57. The summed E-state index contributed by atoms with van der Waals surface area (Å²) in [4.78, 5) is 0. The molecule has 1 fully saturated rings. The zero-order valence-corrected chi connectivity index (χ0v) is 13.0. The Balaban J connectivity index is 1.65. The summed E-state index contributed by atoms with van der Waals surface area (Å²) in [5.74, 6) is 0. The van der Waals surface area contributed by atoms with Gasteiger partial charge in [0.2, 0.25) is 0 Å². The Morgan fingerprint density at radius 1 is 1.29 bits per heavy atom. The molecule has 3 rings (SSSR count). The average molecular weight is 289 g/mol. The second-order valence-corrected chi connectivity index (χ2v) is 6.57. The third-order valence-corrected chi connectivity index (χ3v) is 5.07. The van der Waals surface area contributed by atoms with Crippen LogP contribution in [0.5, 0.6) is 0 Å². The van der Waals surface area contributed by atoms with E-state index < -0.39 is 5.60 Å². The number of aliphatic hydroxyl groups is 1. The monoisotopic (exact) mass is 289 g/mol. The molecule has 116 valence electrons. The van der Waals surface area contributed by atoms with Crippen molar-refractivity contribution in [3.63, 3.8) is 0 Å². The number of hydrogen-bond donors (Lipinski definition) is 2. The van der Waals surface area contributed by atoms with Gasteiger partial charge in [-0.1, -0.05) is 31.2 Å². The number of ether oxygens (including phenoxy) is 1. The molecule has 1 saturated carbocycles. The topological polar surface area (TPSA) is 41.5 Å². The highest BCUT2D eigenvalue weighted by molar-refractivity contribution is 5.31. The molecule has 0 radical (unpaired) electrons. The Bertz CT molecular complexity index is 466. The number of rotatable bonds is 4. The molecule has 0 spiro atoms. The van der Waals surface area contributed by atoms with Crippen LogP contribution < -0.4 is 5.32 Å². The van der Waals surface area contributed by atoms with Gasteiger partial charge in [0.1, 0.15) is 0 Å². The molecule has 0 amide bonds. The minimum atomic E-state index is -0.555. The molecular formula is C18H27NO2. The minimum absolute atomic E-state index is 0.0654. The summed E-state index contributed by atoms with van der Waals surface area (Å²) in [6.07, 6.45) is 5.70. The zero-order chi connectivity index (χ0) is 14.7. The lowest BCUT2D eigenvalue weighted by Gasteiger charge is -2.39. The fraction of sp³-hybridized carbons (Fsp3) is 0.667. The number of benzene rings is 1. The lowest BCUT2D eigenvalue weighted by molar-refractivity contribution is -0.0675. The van der Waals surface area contributed by atoms with E-state index in [1.165, 1.54) is 11.1 Å². The number of nitrogens with one attached hydrogen (secondary N) is 1. The van der Waals surface area contributed by atoms with Gasteiger partial charge in [0, 0.05) is 12.5 Å². The molecule has 1 heterocycles. The van der Waals surface area contributed by atoms with Gasteiger partial charge in [0.15, 0.2) is 0 Å². The molecular weight excluding hydrogens is 262 g/mol. The molecule has 0 aromatic heterocycles. The summed E-state index contributed by atoms with van der Waals surface area (Å²) in [6.45, 7) is 3.94. The first-order valence-electron chi connectivity index (χ1n) is 8.35. The Morgan fingerprint density at radius 2 is 2.05 bits per heavy atom. The molecule has 21 heavy (non-hydrogen) atoms. The fourth-order valence-electron chi connectivity index (χ4n) is 3.84. The first-order valence-corrected chi connectivity index (χ1v) is 8.35. The van der Waals surface area contributed by atoms with E-state index in [4.69, 9.17) is 4.74 Å². The maximum atomic E-state index is 10.9. The van der Waals surface area contributed by atoms with Crippen molar-refractivity contribution in [1.82, 2.24) is 5.32 Å². The lowest BCUT2D eigenvalue weighted by Crippen LogP contribution is -2.42. The first kappa shape index (κ1) is 15.0. The highest BCUT2D eigenvalue weighted by atomic mass is 16.5. The average Bonchev–Trinajstić information content (AvgIpc) is 2.50. The number of hydrogen-bond acceptors (Lipinski definition) is 3. The van der Waals surface area contributed by atoms with Crippen molar-refractivity contribution in [2.75, 3.05) is 13.2 Å². The molecule has 1 aliphatic carbocycles. The third-order valence-electron chi connectivity index (χ3n) is 5.07. The Hall–Kier alpha value is -0.900. The lowest BCUT2D eigenvalue weighted by atomic mass is 9.77. The summed E-state index contributed by atoms with van der Waals surface area (Å²) < 4.78 is 5.97. The van der Waals surface area contributed by atoms with Crippen molar-refractivity contribution in [3.05, 3.63) is 35.4 Å². The first-order chi connectivity index (χ1) is 10.2. The molecule has 3 heteroatoms. The van der Waals surface area contributed by atoms with E-state index in [9.17, 15) is 5.11 Å². The van der Waals surface area contributed by atoms with Crippen LogP contribution in [-0.2, 0) is 11.2 Å². The molecule has 1 aliphatic heterocycles. The maximum Gasteiger partial charge on any atom is 0.0855 e. The van der Waals surface area contributed by atoms with Crippen molar-refractivity contribution in [2.24, 2.45) is 0 Å². The molecule has 1 unspecified atom stereocenters. The maximum absolute atomic E-state index is 10.9. The van der Waals surface area contributed by atoms with Gasteiger partial charge in [-0.05, 0) is 49.8 Å². The van der Waals surface area contributed by atoms with E-state index in [0.717, 1.165) is 51.7 Å². The summed E-state index contributed by atoms with van der Waals surface area (Å²) in [7, 11) is 0. The summed E-state index contributed by atoms with van der Waals surface area (Å²) in [6, 6.07) is 9.10. The third kappa shape index (κ3) is 3.47. The highest BCUT2D eigenvalue weighted by Gasteiger charge is 2.37. The van der Waals surface area contributed by atoms with Crippen molar-refractivity contribution in [3.8, 4) is 0 Å². The molecule has 0 saturated heterocycles. The number of fused-ring (bicyclic) bond motifs is 1. The van der Waals surface area contributed by atoms with E-state index in [1.54, 1.807) is 0 Å². The van der Waals surface area contributed by atoms with Crippen LogP contribution in [-0.4, -0.2) is 29.9 Å². The zero-order valence-electron chi connectivity index (χ0n) is 13.0. The molecule has 2 aliphatic rings.